The van der Waals surface area contributed by atoms with Gasteiger partial charge in [0.25, 0.3) is 0 Å². The molecule has 0 spiro atoms. The number of piperidine rings is 1. The number of nitrogens with zero attached hydrogens (tertiary/aromatic N) is 2. The monoisotopic (exact) mass is 534 g/mol. The summed E-state index contributed by atoms with van der Waals surface area (Å²) in [7, 11) is 1.83. The van der Waals surface area contributed by atoms with E-state index in [4.69, 9.17) is 0 Å². The lowest BCUT2D eigenvalue weighted by molar-refractivity contribution is 0.463. The SMILES string of the molecule is CN=C(NCc1ccc(Br)cc1)NC1CCN(c2cccs2)CC1.I. The number of guanidine groups is 1. The van der Waals surface area contributed by atoms with E-state index in [0.717, 1.165) is 42.9 Å². The summed E-state index contributed by atoms with van der Waals surface area (Å²) in [6.07, 6.45) is 2.27. The van der Waals surface area contributed by atoms with Crippen LogP contribution < -0.4 is 15.5 Å². The highest BCUT2D eigenvalue weighted by molar-refractivity contribution is 14.0. The molecule has 0 atom stereocenters. The van der Waals surface area contributed by atoms with Crippen molar-refractivity contribution in [3.05, 3.63) is 51.8 Å². The Morgan fingerprint density at radius 1 is 1.24 bits per heavy atom. The van der Waals surface area contributed by atoms with Gasteiger partial charge in [0.05, 0.1) is 5.00 Å². The molecule has 1 fully saturated rings. The van der Waals surface area contributed by atoms with Gasteiger partial charge in [0, 0.05) is 37.2 Å². The Morgan fingerprint density at radius 3 is 2.56 bits per heavy atom. The largest absolute Gasteiger partial charge is 0.363 e. The van der Waals surface area contributed by atoms with Crippen molar-refractivity contribution in [3.63, 3.8) is 0 Å². The number of thiophene rings is 1. The minimum atomic E-state index is 0. The molecule has 1 aliphatic rings. The average molecular weight is 535 g/mol. The van der Waals surface area contributed by atoms with E-state index < -0.39 is 0 Å². The molecule has 0 bridgehead atoms. The number of benzene rings is 1. The normalized spacial score (nSPS) is 15.6. The highest BCUT2D eigenvalue weighted by atomic mass is 127. The highest BCUT2D eigenvalue weighted by Crippen LogP contribution is 2.24. The van der Waals surface area contributed by atoms with Gasteiger partial charge in [-0.2, -0.15) is 0 Å². The molecule has 1 aliphatic heterocycles. The maximum Gasteiger partial charge on any atom is 0.191 e. The van der Waals surface area contributed by atoms with Crippen LogP contribution in [0.4, 0.5) is 5.00 Å². The van der Waals surface area contributed by atoms with E-state index in [9.17, 15) is 0 Å². The molecule has 1 aromatic carbocycles. The fourth-order valence-corrected chi connectivity index (χ4v) is 3.92. The van der Waals surface area contributed by atoms with Crippen LogP contribution in [0.3, 0.4) is 0 Å². The van der Waals surface area contributed by atoms with Crippen molar-refractivity contribution in [3.8, 4) is 0 Å². The van der Waals surface area contributed by atoms with Crippen LogP contribution in [0, 0.1) is 0 Å². The van der Waals surface area contributed by atoms with Crippen molar-refractivity contribution < 1.29 is 0 Å². The fourth-order valence-electron chi connectivity index (χ4n) is 2.87. The van der Waals surface area contributed by atoms with Gasteiger partial charge in [0.15, 0.2) is 5.96 Å². The van der Waals surface area contributed by atoms with E-state index in [2.05, 4.69) is 78.2 Å². The van der Waals surface area contributed by atoms with Crippen LogP contribution in [0.1, 0.15) is 18.4 Å². The minimum Gasteiger partial charge on any atom is -0.363 e. The number of halogens is 2. The Kier molecular flexibility index (Phi) is 8.51. The van der Waals surface area contributed by atoms with E-state index in [-0.39, 0.29) is 24.0 Å². The molecule has 2 heterocycles. The van der Waals surface area contributed by atoms with E-state index in [1.54, 1.807) is 0 Å². The summed E-state index contributed by atoms with van der Waals surface area (Å²) in [4.78, 5) is 6.83. The van der Waals surface area contributed by atoms with Gasteiger partial charge in [-0.25, -0.2) is 0 Å². The molecule has 0 saturated carbocycles. The Bertz CT molecular complexity index is 652. The van der Waals surface area contributed by atoms with Gasteiger partial charge >= 0.3 is 0 Å². The Morgan fingerprint density at radius 2 is 1.96 bits per heavy atom. The second-order valence-corrected chi connectivity index (χ2v) is 7.75. The average Bonchev–Trinajstić information content (AvgIpc) is 3.15. The number of hydrogen-bond donors (Lipinski definition) is 2. The van der Waals surface area contributed by atoms with E-state index in [0.29, 0.717) is 6.04 Å². The van der Waals surface area contributed by atoms with Crippen LogP contribution in [-0.2, 0) is 6.54 Å². The number of rotatable bonds is 4. The van der Waals surface area contributed by atoms with Gasteiger partial charge in [0.1, 0.15) is 0 Å². The van der Waals surface area contributed by atoms with Crippen LogP contribution in [0.2, 0.25) is 0 Å². The molecular formula is C18H24BrIN4S. The predicted octanol–water partition coefficient (Wildman–Crippen LogP) is 4.46. The van der Waals surface area contributed by atoms with E-state index >= 15 is 0 Å². The summed E-state index contributed by atoms with van der Waals surface area (Å²) in [5.74, 6) is 0.882. The van der Waals surface area contributed by atoms with Crippen molar-refractivity contribution in [2.24, 2.45) is 4.99 Å². The number of anilines is 1. The lowest BCUT2D eigenvalue weighted by Crippen LogP contribution is -2.48. The summed E-state index contributed by atoms with van der Waals surface area (Å²) in [6, 6.07) is 13.2. The molecule has 0 aliphatic carbocycles. The molecule has 25 heavy (non-hydrogen) atoms. The molecule has 136 valence electrons. The standard InChI is InChI=1S/C18H23BrN4S.HI/c1-20-18(21-13-14-4-6-15(19)7-5-14)22-16-8-10-23(11-9-16)17-3-2-12-24-17;/h2-7,12,16H,8-11,13H2,1H3,(H2,20,21,22);1H. The van der Waals surface area contributed by atoms with Crippen molar-refractivity contribution in [1.29, 1.82) is 0 Å². The smallest absolute Gasteiger partial charge is 0.191 e. The van der Waals surface area contributed by atoms with E-state index in [1.807, 2.05) is 18.4 Å². The zero-order valence-corrected chi connectivity index (χ0v) is 19.0. The first-order valence-electron chi connectivity index (χ1n) is 8.24. The maximum atomic E-state index is 4.36. The number of aliphatic imine (C=N–C) groups is 1. The Labute approximate surface area is 179 Å². The van der Waals surface area contributed by atoms with Gasteiger partial charge in [-0.3, -0.25) is 4.99 Å². The van der Waals surface area contributed by atoms with Crippen molar-refractivity contribution in [1.82, 2.24) is 10.6 Å². The van der Waals surface area contributed by atoms with Crippen molar-refractivity contribution in [2.75, 3.05) is 25.0 Å². The van der Waals surface area contributed by atoms with Crippen LogP contribution in [0.15, 0.2) is 51.2 Å². The van der Waals surface area contributed by atoms with Crippen LogP contribution in [0.5, 0.6) is 0 Å². The molecule has 0 radical (unpaired) electrons. The lowest BCUT2D eigenvalue weighted by atomic mass is 10.1. The van der Waals surface area contributed by atoms with Crippen molar-refractivity contribution in [2.45, 2.75) is 25.4 Å². The minimum absolute atomic E-state index is 0. The topological polar surface area (TPSA) is 39.7 Å². The molecule has 2 N–H and O–H groups in total. The van der Waals surface area contributed by atoms with Crippen LogP contribution >= 0.6 is 51.2 Å². The first-order valence-corrected chi connectivity index (χ1v) is 9.92. The van der Waals surface area contributed by atoms with Gasteiger partial charge in [-0.1, -0.05) is 28.1 Å². The number of hydrogen-bond acceptors (Lipinski definition) is 3. The second kappa shape index (κ2) is 10.4. The third kappa shape index (κ3) is 6.14. The Hall–Kier alpha value is -0.800. The number of nitrogens with one attached hydrogen (secondary N) is 2. The molecule has 0 amide bonds. The quantitative estimate of drug-likeness (QED) is 0.345. The molecular weight excluding hydrogens is 511 g/mol. The molecule has 2 aromatic rings. The van der Waals surface area contributed by atoms with Crippen molar-refractivity contribution >= 4 is 62.2 Å². The maximum absolute atomic E-state index is 4.36. The van der Waals surface area contributed by atoms with Crippen LogP contribution in [0.25, 0.3) is 0 Å². The van der Waals surface area contributed by atoms with Gasteiger partial charge in [-0.15, -0.1) is 35.3 Å². The molecule has 7 heteroatoms. The zero-order chi connectivity index (χ0) is 16.8. The summed E-state index contributed by atoms with van der Waals surface area (Å²) in [5.41, 5.74) is 1.24. The molecule has 3 rings (SSSR count). The second-order valence-electron chi connectivity index (χ2n) is 5.91. The lowest BCUT2D eigenvalue weighted by Gasteiger charge is -2.33. The summed E-state index contributed by atoms with van der Waals surface area (Å²) < 4.78 is 1.10. The van der Waals surface area contributed by atoms with Gasteiger partial charge in [-0.05, 0) is 48.1 Å². The molecule has 4 nitrogen and oxygen atoms in total. The molecule has 0 unspecified atom stereocenters. The van der Waals surface area contributed by atoms with Gasteiger partial charge in [0.2, 0.25) is 0 Å². The fraction of sp³-hybridized carbons (Fsp3) is 0.389. The first-order chi connectivity index (χ1) is 11.7. The summed E-state index contributed by atoms with van der Waals surface area (Å²) in [5, 5.41) is 10.5. The van der Waals surface area contributed by atoms with E-state index in [1.165, 1.54) is 10.6 Å². The summed E-state index contributed by atoms with van der Waals surface area (Å²) >= 11 is 5.29. The first kappa shape index (κ1) is 20.5. The van der Waals surface area contributed by atoms with Gasteiger partial charge < -0.3 is 15.5 Å². The highest BCUT2D eigenvalue weighted by Gasteiger charge is 2.20. The molecule has 1 saturated heterocycles. The zero-order valence-electron chi connectivity index (χ0n) is 14.2. The third-order valence-electron chi connectivity index (χ3n) is 4.25. The van der Waals surface area contributed by atoms with Crippen LogP contribution in [-0.4, -0.2) is 32.1 Å². The molecule has 1 aromatic heterocycles. The Balaban J connectivity index is 0.00000225. The predicted molar refractivity (Wildman–Crippen MR) is 122 cm³/mol. The third-order valence-corrected chi connectivity index (χ3v) is 5.71. The summed E-state index contributed by atoms with van der Waals surface area (Å²) in [6.45, 7) is 2.98.